The van der Waals surface area contributed by atoms with Gasteiger partial charge in [0.2, 0.25) is 0 Å². The number of benzene rings is 2. The van der Waals surface area contributed by atoms with Crippen LogP contribution >= 0.6 is 0 Å². The molecule has 0 radical (unpaired) electrons. The first kappa shape index (κ1) is 22.8. The Labute approximate surface area is 192 Å². The Kier molecular flexibility index (Phi) is 6.40. The standard InChI is InChI=1S/C25H26N2O6/c1-25(2,32-15-7-13-26-21(28)17-9-3-4-10-18(17)22(26)29)33-16-8-14-27-23(30)19-11-5-6-12-20(19)24(27)31/h3-6,9-12H,7-8,13-16H2,1-2H3. The molecule has 0 fully saturated rings. The van der Waals surface area contributed by atoms with Crippen LogP contribution in [-0.4, -0.2) is 65.5 Å². The fourth-order valence-electron chi connectivity index (χ4n) is 4.01. The molecule has 4 rings (SSSR count). The molecule has 0 aliphatic carbocycles. The lowest BCUT2D eigenvalue weighted by Crippen LogP contribution is -2.34. The summed E-state index contributed by atoms with van der Waals surface area (Å²) in [7, 11) is 0. The van der Waals surface area contributed by atoms with Crippen molar-refractivity contribution in [2.75, 3.05) is 26.3 Å². The SMILES string of the molecule is CC(C)(OCCCN1C(=O)c2ccccc2C1=O)OCCCN1C(=O)c2ccccc2C1=O. The molecule has 0 bridgehead atoms. The molecular formula is C25H26N2O6. The number of hydrogen-bond acceptors (Lipinski definition) is 6. The molecule has 0 spiro atoms. The third-order valence-corrected chi connectivity index (χ3v) is 5.71. The van der Waals surface area contributed by atoms with Gasteiger partial charge in [0.05, 0.1) is 35.5 Å². The molecule has 8 nitrogen and oxygen atoms in total. The van der Waals surface area contributed by atoms with E-state index in [0.29, 0.717) is 48.3 Å². The number of hydrogen-bond donors (Lipinski definition) is 0. The summed E-state index contributed by atoms with van der Waals surface area (Å²) in [5.41, 5.74) is 1.74. The van der Waals surface area contributed by atoms with E-state index in [2.05, 4.69) is 0 Å². The number of amides is 4. The van der Waals surface area contributed by atoms with Gasteiger partial charge in [0.25, 0.3) is 23.6 Å². The molecule has 2 aromatic carbocycles. The molecule has 4 amide bonds. The molecule has 33 heavy (non-hydrogen) atoms. The van der Waals surface area contributed by atoms with Crippen molar-refractivity contribution in [3.63, 3.8) is 0 Å². The van der Waals surface area contributed by atoms with Crippen molar-refractivity contribution < 1.29 is 28.7 Å². The zero-order valence-corrected chi connectivity index (χ0v) is 18.7. The zero-order valence-electron chi connectivity index (χ0n) is 18.7. The molecule has 0 unspecified atom stereocenters. The van der Waals surface area contributed by atoms with Gasteiger partial charge in [-0.15, -0.1) is 0 Å². The number of imide groups is 2. The second kappa shape index (κ2) is 9.25. The fourth-order valence-corrected chi connectivity index (χ4v) is 4.01. The van der Waals surface area contributed by atoms with Gasteiger partial charge in [-0.25, -0.2) is 0 Å². The molecule has 0 saturated carbocycles. The number of carbonyl (C=O) groups excluding carboxylic acids is 4. The maximum Gasteiger partial charge on any atom is 0.261 e. The lowest BCUT2D eigenvalue weighted by Gasteiger charge is -2.26. The van der Waals surface area contributed by atoms with Crippen LogP contribution < -0.4 is 0 Å². The number of rotatable bonds is 10. The summed E-state index contributed by atoms with van der Waals surface area (Å²) < 4.78 is 11.6. The minimum absolute atomic E-state index is 0.266. The highest BCUT2D eigenvalue weighted by Gasteiger charge is 2.35. The Morgan fingerprint density at radius 2 is 0.909 bits per heavy atom. The summed E-state index contributed by atoms with van der Waals surface area (Å²) in [6.07, 6.45) is 0.959. The zero-order chi connectivity index (χ0) is 23.6. The molecule has 8 heteroatoms. The van der Waals surface area contributed by atoms with Crippen molar-refractivity contribution in [1.82, 2.24) is 9.80 Å². The molecule has 172 valence electrons. The highest BCUT2D eigenvalue weighted by Crippen LogP contribution is 2.24. The normalized spacial score (nSPS) is 15.5. The third-order valence-electron chi connectivity index (χ3n) is 5.71. The van der Waals surface area contributed by atoms with Gasteiger partial charge >= 0.3 is 0 Å². The van der Waals surface area contributed by atoms with Crippen LogP contribution in [0.2, 0.25) is 0 Å². The monoisotopic (exact) mass is 450 g/mol. The van der Waals surface area contributed by atoms with Crippen LogP contribution in [0.4, 0.5) is 0 Å². The first-order valence-electron chi connectivity index (χ1n) is 11.0. The molecule has 0 atom stereocenters. The van der Waals surface area contributed by atoms with Crippen molar-refractivity contribution in [1.29, 1.82) is 0 Å². The second-order valence-electron chi connectivity index (χ2n) is 8.42. The Balaban J connectivity index is 1.16. The number of fused-ring (bicyclic) bond motifs is 2. The van der Waals surface area contributed by atoms with Crippen LogP contribution in [0, 0.1) is 0 Å². The third kappa shape index (κ3) is 4.58. The topological polar surface area (TPSA) is 93.2 Å². The summed E-state index contributed by atoms with van der Waals surface area (Å²) in [6.45, 7) is 4.69. The Bertz CT molecular complexity index is 954. The van der Waals surface area contributed by atoms with Crippen molar-refractivity contribution in [3.8, 4) is 0 Å². The van der Waals surface area contributed by atoms with Gasteiger partial charge in [0.15, 0.2) is 5.79 Å². The summed E-state index contributed by atoms with van der Waals surface area (Å²) >= 11 is 0. The predicted octanol–water partition coefficient (Wildman–Crippen LogP) is 3.13. The van der Waals surface area contributed by atoms with Crippen molar-refractivity contribution >= 4 is 23.6 Å². The van der Waals surface area contributed by atoms with Gasteiger partial charge in [-0.2, -0.15) is 0 Å². The largest absolute Gasteiger partial charge is 0.350 e. The van der Waals surface area contributed by atoms with Gasteiger partial charge in [-0.1, -0.05) is 24.3 Å². The molecule has 2 heterocycles. The minimum Gasteiger partial charge on any atom is -0.350 e. The van der Waals surface area contributed by atoms with Crippen LogP contribution in [-0.2, 0) is 9.47 Å². The van der Waals surface area contributed by atoms with E-state index in [4.69, 9.17) is 9.47 Å². The van der Waals surface area contributed by atoms with Crippen molar-refractivity contribution in [3.05, 3.63) is 70.8 Å². The quantitative estimate of drug-likeness (QED) is 0.314. The Hall–Kier alpha value is -3.36. The Morgan fingerprint density at radius 3 is 1.21 bits per heavy atom. The average molecular weight is 450 g/mol. The molecule has 0 aromatic heterocycles. The van der Waals surface area contributed by atoms with E-state index in [1.165, 1.54) is 9.80 Å². The van der Waals surface area contributed by atoms with Crippen molar-refractivity contribution in [2.24, 2.45) is 0 Å². The lowest BCUT2D eigenvalue weighted by molar-refractivity contribution is -0.214. The maximum absolute atomic E-state index is 12.4. The summed E-state index contributed by atoms with van der Waals surface area (Å²) in [5.74, 6) is -2.00. The van der Waals surface area contributed by atoms with E-state index < -0.39 is 5.79 Å². The lowest BCUT2D eigenvalue weighted by atomic mass is 10.1. The predicted molar refractivity (Wildman–Crippen MR) is 119 cm³/mol. The first-order chi connectivity index (χ1) is 15.8. The van der Waals surface area contributed by atoms with Crippen LogP contribution in [0.15, 0.2) is 48.5 Å². The molecule has 2 aliphatic heterocycles. The van der Waals surface area contributed by atoms with E-state index in [1.807, 2.05) is 0 Å². The minimum atomic E-state index is -0.885. The van der Waals surface area contributed by atoms with E-state index in [9.17, 15) is 19.2 Å². The van der Waals surface area contributed by atoms with Crippen LogP contribution in [0.3, 0.4) is 0 Å². The maximum atomic E-state index is 12.4. The van der Waals surface area contributed by atoms with Gasteiger partial charge in [-0.3, -0.25) is 29.0 Å². The number of ether oxygens (including phenoxy) is 2. The summed E-state index contributed by atoms with van der Waals surface area (Å²) in [4.78, 5) is 52.0. The first-order valence-corrected chi connectivity index (χ1v) is 11.0. The van der Waals surface area contributed by atoms with E-state index in [1.54, 1.807) is 62.4 Å². The summed E-state index contributed by atoms with van der Waals surface area (Å²) in [6, 6.07) is 13.6. The van der Waals surface area contributed by atoms with Gasteiger partial charge in [-0.05, 0) is 51.0 Å². The van der Waals surface area contributed by atoms with Gasteiger partial charge in [0, 0.05) is 13.1 Å². The highest BCUT2D eigenvalue weighted by atomic mass is 16.7. The highest BCUT2D eigenvalue weighted by molar-refractivity contribution is 6.22. The molecule has 2 aromatic rings. The molecule has 2 aliphatic rings. The smallest absolute Gasteiger partial charge is 0.261 e. The second-order valence-corrected chi connectivity index (χ2v) is 8.42. The summed E-state index contributed by atoms with van der Waals surface area (Å²) in [5, 5.41) is 0. The van der Waals surface area contributed by atoms with Crippen molar-refractivity contribution in [2.45, 2.75) is 32.5 Å². The van der Waals surface area contributed by atoms with Crippen LogP contribution in [0.25, 0.3) is 0 Å². The van der Waals surface area contributed by atoms with Crippen LogP contribution in [0.5, 0.6) is 0 Å². The molecular weight excluding hydrogens is 424 g/mol. The average Bonchev–Trinajstić information content (AvgIpc) is 3.20. The number of carbonyl (C=O) groups is 4. The van der Waals surface area contributed by atoms with Crippen LogP contribution in [0.1, 0.15) is 68.1 Å². The fraction of sp³-hybridized carbons (Fsp3) is 0.360. The Morgan fingerprint density at radius 1 is 0.606 bits per heavy atom. The van der Waals surface area contributed by atoms with E-state index in [0.717, 1.165) is 0 Å². The van der Waals surface area contributed by atoms with E-state index in [-0.39, 0.29) is 36.7 Å². The van der Waals surface area contributed by atoms with E-state index >= 15 is 0 Å². The molecule has 0 N–H and O–H groups in total. The van der Waals surface area contributed by atoms with Gasteiger partial charge in [0.1, 0.15) is 0 Å². The molecule has 0 saturated heterocycles. The number of nitrogens with zero attached hydrogens (tertiary/aromatic N) is 2. The van der Waals surface area contributed by atoms with Gasteiger partial charge < -0.3 is 9.47 Å².